The Balaban J connectivity index is 3.26. The number of aromatic nitrogens is 2. The number of aromatic amines is 1. The predicted molar refractivity (Wildman–Crippen MR) is 68.0 cm³/mol. The van der Waals surface area contributed by atoms with E-state index in [1.165, 1.54) is 0 Å². The van der Waals surface area contributed by atoms with Gasteiger partial charge in [-0.2, -0.15) is 0 Å². The average Bonchev–Trinajstić information content (AvgIpc) is 2.47. The van der Waals surface area contributed by atoms with E-state index in [0.717, 1.165) is 37.1 Å². The van der Waals surface area contributed by atoms with Gasteiger partial charge in [-0.1, -0.05) is 41.0 Å². The SMILES string of the molecule is CCCc1c(C(C)(C)C)[nH]n(CCC)c1=O. The monoisotopic (exact) mass is 224 g/mol. The van der Waals surface area contributed by atoms with E-state index in [9.17, 15) is 4.79 Å². The molecule has 3 nitrogen and oxygen atoms in total. The first-order valence-corrected chi connectivity index (χ1v) is 6.24. The van der Waals surface area contributed by atoms with Crippen molar-refractivity contribution in [3.05, 3.63) is 21.6 Å². The lowest BCUT2D eigenvalue weighted by atomic mass is 9.88. The zero-order valence-corrected chi connectivity index (χ0v) is 11.2. The third-order valence-corrected chi connectivity index (χ3v) is 2.75. The van der Waals surface area contributed by atoms with Gasteiger partial charge in [-0.15, -0.1) is 0 Å². The Hall–Kier alpha value is -0.990. The summed E-state index contributed by atoms with van der Waals surface area (Å²) in [6, 6.07) is 0. The van der Waals surface area contributed by atoms with E-state index >= 15 is 0 Å². The van der Waals surface area contributed by atoms with Gasteiger partial charge in [0.15, 0.2) is 0 Å². The van der Waals surface area contributed by atoms with Gasteiger partial charge in [-0.3, -0.25) is 14.6 Å². The van der Waals surface area contributed by atoms with Crippen LogP contribution in [0.2, 0.25) is 0 Å². The number of hydrogen-bond acceptors (Lipinski definition) is 1. The highest BCUT2D eigenvalue weighted by atomic mass is 16.1. The molecule has 0 fully saturated rings. The molecule has 0 atom stereocenters. The number of nitrogens with zero attached hydrogens (tertiary/aromatic N) is 1. The second-order valence-electron chi connectivity index (χ2n) is 5.42. The van der Waals surface area contributed by atoms with Crippen LogP contribution in [-0.2, 0) is 18.4 Å². The zero-order chi connectivity index (χ0) is 12.3. The first-order valence-electron chi connectivity index (χ1n) is 6.24. The molecule has 0 aromatic carbocycles. The summed E-state index contributed by atoms with van der Waals surface area (Å²) in [5.41, 5.74) is 2.27. The molecule has 0 aliphatic carbocycles. The highest BCUT2D eigenvalue weighted by Gasteiger charge is 2.23. The normalized spacial score (nSPS) is 12.1. The van der Waals surface area contributed by atoms with Crippen molar-refractivity contribution in [2.24, 2.45) is 0 Å². The van der Waals surface area contributed by atoms with Gasteiger partial charge in [0.05, 0.1) is 0 Å². The summed E-state index contributed by atoms with van der Waals surface area (Å²) >= 11 is 0. The van der Waals surface area contributed by atoms with Crippen molar-refractivity contribution in [1.82, 2.24) is 9.78 Å². The maximum Gasteiger partial charge on any atom is 0.269 e. The minimum atomic E-state index is 0.0165. The van der Waals surface area contributed by atoms with Crippen molar-refractivity contribution < 1.29 is 0 Å². The van der Waals surface area contributed by atoms with Crippen LogP contribution in [0.4, 0.5) is 0 Å². The molecule has 0 bridgehead atoms. The molecule has 0 aliphatic rings. The molecular formula is C13H24N2O. The highest BCUT2D eigenvalue weighted by molar-refractivity contribution is 5.24. The highest BCUT2D eigenvalue weighted by Crippen LogP contribution is 2.23. The lowest BCUT2D eigenvalue weighted by molar-refractivity contribution is 0.522. The Morgan fingerprint density at radius 2 is 1.81 bits per heavy atom. The Morgan fingerprint density at radius 3 is 2.25 bits per heavy atom. The van der Waals surface area contributed by atoms with Crippen molar-refractivity contribution >= 4 is 0 Å². The fourth-order valence-electron chi connectivity index (χ4n) is 2.01. The Labute approximate surface area is 97.8 Å². The van der Waals surface area contributed by atoms with Gasteiger partial charge < -0.3 is 0 Å². The predicted octanol–water partition coefficient (Wildman–Crippen LogP) is 2.84. The summed E-state index contributed by atoms with van der Waals surface area (Å²) in [4.78, 5) is 12.1. The van der Waals surface area contributed by atoms with Gasteiger partial charge >= 0.3 is 0 Å². The summed E-state index contributed by atoms with van der Waals surface area (Å²) in [5, 5.41) is 3.28. The number of rotatable bonds is 4. The number of H-pyrrole nitrogens is 1. The van der Waals surface area contributed by atoms with Gasteiger partial charge in [0, 0.05) is 23.2 Å². The van der Waals surface area contributed by atoms with Gasteiger partial charge in [0.1, 0.15) is 0 Å². The van der Waals surface area contributed by atoms with Crippen molar-refractivity contribution in [3.63, 3.8) is 0 Å². The summed E-state index contributed by atoms with van der Waals surface area (Å²) < 4.78 is 1.76. The lowest BCUT2D eigenvalue weighted by Crippen LogP contribution is -2.19. The molecule has 0 spiro atoms. The van der Waals surface area contributed by atoms with E-state index in [1.807, 2.05) is 0 Å². The molecule has 1 N–H and O–H groups in total. The Bertz CT molecular complexity index is 393. The van der Waals surface area contributed by atoms with E-state index in [0.29, 0.717) is 0 Å². The maximum absolute atomic E-state index is 12.1. The summed E-state index contributed by atoms with van der Waals surface area (Å²) in [7, 11) is 0. The van der Waals surface area contributed by atoms with E-state index < -0.39 is 0 Å². The molecule has 0 amide bonds. The minimum absolute atomic E-state index is 0.0165. The molecule has 92 valence electrons. The second-order valence-corrected chi connectivity index (χ2v) is 5.42. The Morgan fingerprint density at radius 1 is 1.19 bits per heavy atom. The molecule has 16 heavy (non-hydrogen) atoms. The first kappa shape index (κ1) is 13.1. The molecule has 0 saturated heterocycles. The van der Waals surface area contributed by atoms with Gasteiger partial charge in [0.25, 0.3) is 5.56 Å². The summed E-state index contributed by atoms with van der Waals surface area (Å²) in [6.45, 7) is 11.4. The topological polar surface area (TPSA) is 37.8 Å². The molecule has 0 aliphatic heterocycles. The summed E-state index contributed by atoms with van der Waals surface area (Å²) in [5.74, 6) is 0. The van der Waals surface area contributed by atoms with E-state index in [1.54, 1.807) is 4.68 Å². The number of nitrogens with one attached hydrogen (secondary N) is 1. The van der Waals surface area contributed by atoms with Crippen LogP contribution in [0, 0.1) is 0 Å². The molecule has 1 rings (SSSR count). The molecule has 3 heteroatoms. The molecule has 1 aromatic rings. The van der Waals surface area contributed by atoms with Crippen LogP contribution < -0.4 is 5.56 Å². The first-order chi connectivity index (χ1) is 7.41. The second kappa shape index (κ2) is 4.89. The quantitative estimate of drug-likeness (QED) is 0.839. The van der Waals surface area contributed by atoms with E-state index in [2.05, 4.69) is 39.7 Å². The van der Waals surface area contributed by atoms with E-state index in [-0.39, 0.29) is 11.0 Å². The minimum Gasteiger partial charge on any atom is -0.299 e. The van der Waals surface area contributed by atoms with Crippen LogP contribution in [0.3, 0.4) is 0 Å². The van der Waals surface area contributed by atoms with Crippen LogP contribution in [0.25, 0.3) is 0 Å². The third kappa shape index (κ3) is 2.57. The van der Waals surface area contributed by atoms with Crippen molar-refractivity contribution in [1.29, 1.82) is 0 Å². The average molecular weight is 224 g/mol. The molecule has 1 aromatic heterocycles. The van der Waals surface area contributed by atoms with Crippen molar-refractivity contribution in [3.8, 4) is 0 Å². The van der Waals surface area contributed by atoms with Gasteiger partial charge in [0.2, 0.25) is 0 Å². The van der Waals surface area contributed by atoms with E-state index in [4.69, 9.17) is 0 Å². The fourth-order valence-corrected chi connectivity index (χ4v) is 2.01. The lowest BCUT2D eigenvalue weighted by Gasteiger charge is -2.18. The van der Waals surface area contributed by atoms with Crippen LogP contribution in [0.5, 0.6) is 0 Å². The number of aryl methyl sites for hydroxylation is 1. The molecule has 0 unspecified atom stereocenters. The molecule has 0 saturated carbocycles. The van der Waals surface area contributed by atoms with Crippen LogP contribution in [-0.4, -0.2) is 9.78 Å². The molecule has 1 heterocycles. The van der Waals surface area contributed by atoms with Crippen LogP contribution in [0.1, 0.15) is 58.7 Å². The molecular weight excluding hydrogens is 200 g/mol. The van der Waals surface area contributed by atoms with Crippen LogP contribution in [0.15, 0.2) is 4.79 Å². The maximum atomic E-state index is 12.1. The van der Waals surface area contributed by atoms with Crippen molar-refractivity contribution in [2.75, 3.05) is 0 Å². The Kier molecular flexibility index (Phi) is 4.00. The fraction of sp³-hybridized carbons (Fsp3) is 0.769. The standard InChI is InChI=1S/C13H24N2O/c1-6-8-10-11(13(3,4)5)14-15(9-7-2)12(10)16/h14H,6-9H2,1-5H3. The number of hydrogen-bond donors (Lipinski definition) is 1. The van der Waals surface area contributed by atoms with Gasteiger partial charge in [-0.05, 0) is 12.8 Å². The third-order valence-electron chi connectivity index (χ3n) is 2.75. The van der Waals surface area contributed by atoms with Gasteiger partial charge in [-0.25, -0.2) is 0 Å². The van der Waals surface area contributed by atoms with Crippen LogP contribution >= 0.6 is 0 Å². The molecule has 0 radical (unpaired) electrons. The van der Waals surface area contributed by atoms with Crippen molar-refractivity contribution in [2.45, 2.75) is 65.8 Å². The summed E-state index contributed by atoms with van der Waals surface area (Å²) in [6.07, 6.45) is 2.87. The largest absolute Gasteiger partial charge is 0.299 e. The zero-order valence-electron chi connectivity index (χ0n) is 11.2. The smallest absolute Gasteiger partial charge is 0.269 e.